The molecule has 6 heteroatoms. The molecule has 0 amide bonds. The van der Waals surface area contributed by atoms with Gasteiger partial charge in [-0.15, -0.1) is 0 Å². The van der Waals surface area contributed by atoms with Crippen LogP contribution in [0.3, 0.4) is 0 Å². The summed E-state index contributed by atoms with van der Waals surface area (Å²) in [7, 11) is 0. The number of aryl methyl sites for hydroxylation is 1. The lowest BCUT2D eigenvalue weighted by molar-refractivity contribution is -0.0503. The summed E-state index contributed by atoms with van der Waals surface area (Å²) in [6.07, 6.45) is 5.60. The molecule has 0 atom stereocenters. The Bertz CT molecular complexity index is 770. The number of hydrogen-bond donors (Lipinski definition) is 0. The molecule has 4 nitrogen and oxygen atoms in total. The number of halogens is 2. The molecule has 0 bridgehead atoms. The maximum Gasteiger partial charge on any atom is 0.387 e. The molecule has 0 aliphatic rings. The number of alkyl halides is 2. The lowest BCUT2D eigenvalue weighted by Gasteiger charge is -2.10. The molecule has 0 aliphatic carbocycles. The summed E-state index contributed by atoms with van der Waals surface area (Å²) >= 11 is 0. The molecule has 2 aromatic heterocycles. The van der Waals surface area contributed by atoms with Crippen LogP contribution in [-0.2, 0) is 6.42 Å². The van der Waals surface area contributed by atoms with Crippen LogP contribution in [0.1, 0.15) is 17.0 Å². The number of nitrogens with zero attached hydrogens (tertiary/aromatic N) is 3. The van der Waals surface area contributed by atoms with E-state index in [4.69, 9.17) is 0 Å². The van der Waals surface area contributed by atoms with Gasteiger partial charge < -0.3 is 9.14 Å². The Hall–Kier alpha value is -2.50. The first kappa shape index (κ1) is 13.5. The number of para-hydroxylation sites is 1. The van der Waals surface area contributed by atoms with Crippen LogP contribution >= 0.6 is 0 Å². The van der Waals surface area contributed by atoms with Gasteiger partial charge in [0, 0.05) is 30.1 Å². The van der Waals surface area contributed by atoms with E-state index in [0.29, 0.717) is 12.0 Å². The molecule has 3 aromatic rings. The van der Waals surface area contributed by atoms with E-state index < -0.39 is 6.61 Å². The second-order valence-electron chi connectivity index (χ2n) is 4.61. The van der Waals surface area contributed by atoms with E-state index in [1.807, 2.05) is 11.3 Å². The van der Waals surface area contributed by atoms with Crippen LogP contribution in [0.4, 0.5) is 8.78 Å². The number of imidazole rings is 1. The average molecular weight is 289 g/mol. The van der Waals surface area contributed by atoms with E-state index >= 15 is 0 Å². The van der Waals surface area contributed by atoms with Crippen LogP contribution in [0.5, 0.6) is 5.75 Å². The van der Waals surface area contributed by atoms with Crippen LogP contribution in [0.25, 0.3) is 5.65 Å². The van der Waals surface area contributed by atoms with Gasteiger partial charge in [0.2, 0.25) is 0 Å². The number of hydrogen-bond acceptors (Lipinski definition) is 3. The van der Waals surface area contributed by atoms with Gasteiger partial charge >= 0.3 is 6.61 Å². The predicted octanol–water partition coefficient (Wildman–Crippen LogP) is 3.23. The minimum absolute atomic E-state index is 0.191. The Morgan fingerprint density at radius 3 is 2.90 bits per heavy atom. The number of rotatable bonds is 4. The van der Waals surface area contributed by atoms with Crippen molar-refractivity contribution in [1.82, 2.24) is 14.4 Å². The maximum atomic E-state index is 12.5. The molecule has 3 rings (SSSR count). The summed E-state index contributed by atoms with van der Waals surface area (Å²) in [4.78, 5) is 8.44. The minimum Gasteiger partial charge on any atom is -0.435 e. The molecule has 0 unspecified atom stereocenters. The Morgan fingerprint density at radius 2 is 2.10 bits per heavy atom. The van der Waals surface area contributed by atoms with Gasteiger partial charge in [-0.25, -0.2) is 4.98 Å². The quantitative estimate of drug-likeness (QED) is 0.740. The zero-order valence-electron chi connectivity index (χ0n) is 11.3. The molecule has 2 heterocycles. The summed E-state index contributed by atoms with van der Waals surface area (Å²) in [5.41, 5.74) is 3.20. The largest absolute Gasteiger partial charge is 0.435 e. The molecule has 1 aromatic carbocycles. The third-order valence-corrected chi connectivity index (χ3v) is 3.28. The molecule has 0 saturated carbocycles. The smallest absolute Gasteiger partial charge is 0.387 e. The lowest BCUT2D eigenvalue weighted by Crippen LogP contribution is -2.05. The van der Waals surface area contributed by atoms with Crippen LogP contribution in [0.15, 0.2) is 42.9 Å². The first-order chi connectivity index (χ1) is 10.1. The first-order valence-electron chi connectivity index (χ1n) is 6.45. The van der Waals surface area contributed by atoms with E-state index in [-0.39, 0.29) is 5.75 Å². The van der Waals surface area contributed by atoms with Gasteiger partial charge in [0.25, 0.3) is 0 Å². The highest BCUT2D eigenvalue weighted by Crippen LogP contribution is 2.24. The number of benzene rings is 1. The summed E-state index contributed by atoms with van der Waals surface area (Å²) in [6.45, 7) is -0.947. The van der Waals surface area contributed by atoms with Crippen LogP contribution in [0.2, 0.25) is 0 Å². The fourth-order valence-corrected chi connectivity index (χ4v) is 2.33. The summed E-state index contributed by atoms with van der Waals surface area (Å²) in [5.74, 6) is 0.191. The average Bonchev–Trinajstić information content (AvgIpc) is 2.77. The fraction of sp³-hybridized carbons (Fsp3) is 0.200. The molecule has 108 valence electrons. The zero-order chi connectivity index (χ0) is 14.8. The summed E-state index contributed by atoms with van der Waals surface area (Å²) in [5, 5.41) is 0. The highest BCUT2D eigenvalue weighted by atomic mass is 19.3. The lowest BCUT2D eigenvalue weighted by atomic mass is 10.1. The van der Waals surface area contributed by atoms with Crippen molar-refractivity contribution in [3.05, 3.63) is 59.8 Å². The van der Waals surface area contributed by atoms with Crippen molar-refractivity contribution in [3.63, 3.8) is 0 Å². The summed E-state index contributed by atoms with van der Waals surface area (Å²) < 4.78 is 31.4. The van der Waals surface area contributed by atoms with Crippen LogP contribution in [0, 0.1) is 6.92 Å². The van der Waals surface area contributed by atoms with Crippen molar-refractivity contribution in [1.29, 1.82) is 0 Å². The zero-order valence-corrected chi connectivity index (χ0v) is 11.3. The standard InChI is InChI=1S/C15H13F2N3O/c1-10-12(20-7-6-18-9-14(20)19-10)8-11-4-2-3-5-13(11)21-15(16)17/h2-7,9,15H,8H2,1H3. The van der Waals surface area contributed by atoms with Gasteiger partial charge in [0.1, 0.15) is 5.75 Å². The molecule has 0 fully saturated rings. The third kappa shape index (κ3) is 2.69. The van der Waals surface area contributed by atoms with Crippen molar-refractivity contribution in [2.24, 2.45) is 0 Å². The Kier molecular flexibility index (Phi) is 3.51. The molecule has 21 heavy (non-hydrogen) atoms. The van der Waals surface area contributed by atoms with E-state index in [0.717, 1.165) is 17.0 Å². The van der Waals surface area contributed by atoms with E-state index in [2.05, 4.69) is 14.7 Å². The van der Waals surface area contributed by atoms with Gasteiger partial charge in [0.05, 0.1) is 11.9 Å². The highest BCUT2D eigenvalue weighted by Gasteiger charge is 2.14. The van der Waals surface area contributed by atoms with Crippen LogP contribution < -0.4 is 4.74 Å². The van der Waals surface area contributed by atoms with Gasteiger partial charge in [0.15, 0.2) is 5.65 Å². The molecule has 0 aliphatic heterocycles. The Balaban J connectivity index is 2.01. The van der Waals surface area contributed by atoms with Gasteiger partial charge in [-0.05, 0) is 13.0 Å². The summed E-state index contributed by atoms with van der Waals surface area (Å²) in [6, 6.07) is 6.79. The van der Waals surface area contributed by atoms with Gasteiger partial charge in [-0.2, -0.15) is 8.78 Å². The second-order valence-corrected chi connectivity index (χ2v) is 4.61. The van der Waals surface area contributed by atoms with Gasteiger partial charge in [-0.3, -0.25) is 4.98 Å². The van der Waals surface area contributed by atoms with Gasteiger partial charge in [-0.1, -0.05) is 18.2 Å². The minimum atomic E-state index is -2.83. The van der Waals surface area contributed by atoms with E-state index in [9.17, 15) is 8.78 Å². The fourth-order valence-electron chi connectivity index (χ4n) is 2.33. The van der Waals surface area contributed by atoms with Crippen LogP contribution in [-0.4, -0.2) is 21.0 Å². The normalized spacial score (nSPS) is 11.2. The highest BCUT2D eigenvalue weighted by molar-refractivity contribution is 5.44. The van der Waals surface area contributed by atoms with Crippen molar-refractivity contribution in [3.8, 4) is 5.75 Å². The SMILES string of the molecule is Cc1nc2cnccn2c1Cc1ccccc1OC(F)F. The second kappa shape index (κ2) is 5.47. The first-order valence-corrected chi connectivity index (χ1v) is 6.45. The molecule has 0 saturated heterocycles. The predicted molar refractivity (Wildman–Crippen MR) is 73.6 cm³/mol. The van der Waals surface area contributed by atoms with Crippen molar-refractivity contribution in [2.75, 3.05) is 0 Å². The monoisotopic (exact) mass is 289 g/mol. The number of ether oxygens (including phenoxy) is 1. The third-order valence-electron chi connectivity index (χ3n) is 3.28. The van der Waals surface area contributed by atoms with Crippen molar-refractivity contribution in [2.45, 2.75) is 20.0 Å². The number of aromatic nitrogens is 3. The Labute approximate surface area is 120 Å². The topological polar surface area (TPSA) is 39.4 Å². The van der Waals surface area contributed by atoms with E-state index in [1.165, 1.54) is 0 Å². The molecule has 0 spiro atoms. The van der Waals surface area contributed by atoms with Crippen molar-refractivity contribution < 1.29 is 13.5 Å². The Morgan fingerprint density at radius 1 is 1.29 bits per heavy atom. The molecule has 0 N–H and O–H groups in total. The van der Waals surface area contributed by atoms with Crippen molar-refractivity contribution >= 4 is 5.65 Å². The molecule has 0 radical (unpaired) electrons. The maximum absolute atomic E-state index is 12.5. The molecular weight excluding hydrogens is 276 g/mol. The number of fused-ring (bicyclic) bond motifs is 1. The molecular formula is C15H13F2N3O. The van der Waals surface area contributed by atoms with E-state index in [1.54, 1.807) is 42.9 Å².